The van der Waals surface area contributed by atoms with Crippen LogP contribution in [0.2, 0.25) is 0 Å². The molecular weight excluding hydrogens is 467 g/mol. The van der Waals surface area contributed by atoms with E-state index < -0.39 is 42.0 Å². The van der Waals surface area contributed by atoms with E-state index in [1.54, 1.807) is 43.3 Å². The van der Waals surface area contributed by atoms with Crippen molar-refractivity contribution in [2.75, 3.05) is 4.90 Å². The molecule has 8 nitrogen and oxygen atoms in total. The minimum absolute atomic E-state index is 0.0204. The number of rotatable bonds is 6. The van der Waals surface area contributed by atoms with Crippen LogP contribution in [0.5, 0.6) is 11.5 Å². The molecule has 0 spiro atoms. The van der Waals surface area contributed by atoms with Gasteiger partial charge in [0.15, 0.2) is 0 Å². The highest BCUT2D eigenvalue weighted by molar-refractivity contribution is 6.21. The number of para-hydroxylation sites is 1. The number of ether oxygens (including phenoxy) is 2. The molecule has 1 N–H and O–H groups in total. The van der Waals surface area contributed by atoms with Crippen LogP contribution in [0.25, 0.3) is 0 Å². The number of alkyl halides is 3. The Labute approximate surface area is 197 Å². The van der Waals surface area contributed by atoms with Gasteiger partial charge in [-0.3, -0.25) is 4.79 Å². The molecule has 1 aliphatic rings. The fourth-order valence-corrected chi connectivity index (χ4v) is 3.56. The normalized spacial score (nSPS) is 16.6. The highest BCUT2D eigenvalue weighted by atomic mass is 19.4. The van der Waals surface area contributed by atoms with Crippen molar-refractivity contribution in [2.24, 2.45) is 0 Å². The second-order valence-electron chi connectivity index (χ2n) is 7.61. The minimum atomic E-state index is -4.86. The summed E-state index contributed by atoms with van der Waals surface area (Å²) in [5.41, 5.74) is 0.653. The van der Waals surface area contributed by atoms with Crippen LogP contribution < -0.4 is 19.7 Å². The first-order chi connectivity index (χ1) is 16.6. The molecule has 180 valence electrons. The largest absolute Gasteiger partial charge is 0.573 e. The van der Waals surface area contributed by atoms with Crippen molar-refractivity contribution in [1.29, 1.82) is 0 Å². The molecule has 11 heteroatoms. The van der Waals surface area contributed by atoms with Crippen LogP contribution in [-0.4, -0.2) is 35.3 Å². The second kappa shape index (κ2) is 9.45. The fourth-order valence-electron chi connectivity index (χ4n) is 3.56. The summed E-state index contributed by atoms with van der Waals surface area (Å²) in [5, 5.41) is 2.58. The number of nitrogens with zero attached hydrogens (tertiary/aromatic N) is 2. The summed E-state index contributed by atoms with van der Waals surface area (Å²) in [5.74, 6) is -1.98. The molecular formula is C24H18F3N3O5. The first-order valence-corrected chi connectivity index (χ1v) is 10.4. The van der Waals surface area contributed by atoms with Crippen molar-refractivity contribution >= 4 is 23.6 Å². The molecule has 4 rings (SSSR count). The van der Waals surface area contributed by atoms with E-state index in [4.69, 9.17) is 4.74 Å². The second-order valence-corrected chi connectivity index (χ2v) is 7.61. The maximum Gasteiger partial charge on any atom is 0.573 e. The van der Waals surface area contributed by atoms with Gasteiger partial charge < -0.3 is 14.8 Å². The SMILES string of the molecule is CC(c1ccnc(C(=O)Oc2ccccc2)c1)C1NC(=O)N(c2ccc(OC(F)(F)F)cc2)C1=O. The third-order valence-corrected chi connectivity index (χ3v) is 5.27. The third-order valence-electron chi connectivity index (χ3n) is 5.27. The van der Waals surface area contributed by atoms with Crippen LogP contribution in [0.4, 0.5) is 23.7 Å². The highest BCUT2D eigenvalue weighted by Crippen LogP contribution is 2.30. The predicted molar refractivity (Wildman–Crippen MR) is 117 cm³/mol. The van der Waals surface area contributed by atoms with Crippen molar-refractivity contribution in [3.05, 3.63) is 84.2 Å². The Balaban J connectivity index is 1.49. The van der Waals surface area contributed by atoms with Crippen molar-refractivity contribution in [3.63, 3.8) is 0 Å². The predicted octanol–water partition coefficient (Wildman–Crippen LogP) is 4.43. The monoisotopic (exact) mass is 485 g/mol. The third kappa shape index (κ3) is 5.40. The number of nitrogens with one attached hydrogen (secondary N) is 1. The first-order valence-electron chi connectivity index (χ1n) is 10.4. The van der Waals surface area contributed by atoms with Crippen molar-refractivity contribution < 1.29 is 37.0 Å². The molecule has 0 radical (unpaired) electrons. The van der Waals surface area contributed by atoms with Gasteiger partial charge in [-0.25, -0.2) is 19.5 Å². The van der Waals surface area contributed by atoms with Crippen LogP contribution in [0.3, 0.4) is 0 Å². The lowest BCUT2D eigenvalue weighted by Crippen LogP contribution is -2.35. The number of hydrogen-bond acceptors (Lipinski definition) is 6. The summed E-state index contributed by atoms with van der Waals surface area (Å²) in [6.07, 6.45) is -3.47. The number of halogens is 3. The van der Waals surface area contributed by atoms with E-state index in [9.17, 15) is 27.6 Å². The van der Waals surface area contributed by atoms with Gasteiger partial charge in [0.05, 0.1) is 5.69 Å². The molecule has 0 aliphatic carbocycles. The molecule has 2 atom stereocenters. The van der Waals surface area contributed by atoms with Gasteiger partial charge in [-0.1, -0.05) is 25.1 Å². The van der Waals surface area contributed by atoms with E-state index >= 15 is 0 Å². The number of benzene rings is 2. The van der Waals surface area contributed by atoms with Crippen molar-refractivity contribution in [2.45, 2.75) is 25.2 Å². The minimum Gasteiger partial charge on any atom is -0.422 e. The van der Waals surface area contributed by atoms with E-state index in [1.807, 2.05) is 0 Å². The first kappa shape index (κ1) is 23.7. The van der Waals surface area contributed by atoms with Gasteiger partial charge in [0.1, 0.15) is 23.2 Å². The Hall–Kier alpha value is -4.41. The number of carbonyl (C=O) groups is 3. The summed E-state index contributed by atoms with van der Waals surface area (Å²) in [6, 6.07) is 14.2. The molecule has 35 heavy (non-hydrogen) atoms. The number of carbonyl (C=O) groups excluding carboxylic acids is 3. The Morgan fingerprint density at radius 2 is 1.71 bits per heavy atom. The van der Waals surface area contributed by atoms with Crippen molar-refractivity contribution in [1.82, 2.24) is 10.3 Å². The zero-order valence-electron chi connectivity index (χ0n) is 18.2. The van der Waals surface area contributed by atoms with Gasteiger partial charge in [0, 0.05) is 12.1 Å². The molecule has 3 aromatic rings. The molecule has 1 aliphatic heterocycles. The van der Waals surface area contributed by atoms with Crippen LogP contribution in [-0.2, 0) is 4.79 Å². The molecule has 2 aromatic carbocycles. The van der Waals surface area contributed by atoms with Gasteiger partial charge in [-0.05, 0) is 54.1 Å². The standard InChI is InChI=1S/C24H18F3N3O5/c1-14(15-11-12-28-19(13-15)22(32)34-17-5-3-2-4-6-17)20-21(31)30(23(33)29-20)16-7-9-18(10-8-16)35-24(25,26)27/h2-14,20H,1H3,(H,29,33). The van der Waals surface area contributed by atoms with Gasteiger partial charge >= 0.3 is 18.4 Å². The molecule has 0 bridgehead atoms. The smallest absolute Gasteiger partial charge is 0.422 e. The molecule has 1 aromatic heterocycles. The number of esters is 1. The number of urea groups is 1. The molecule has 2 unspecified atom stereocenters. The summed E-state index contributed by atoms with van der Waals surface area (Å²) in [6.45, 7) is 1.69. The zero-order chi connectivity index (χ0) is 25.2. The van der Waals surface area contributed by atoms with E-state index in [0.717, 1.165) is 17.0 Å². The lowest BCUT2D eigenvalue weighted by molar-refractivity contribution is -0.274. The van der Waals surface area contributed by atoms with Crippen LogP contribution in [0, 0.1) is 0 Å². The van der Waals surface area contributed by atoms with Gasteiger partial charge in [-0.15, -0.1) is 13.2 Å². The maximum atomic E-state index is 13.0. The molecule has 0 saturated carbocycles. The number of hydrogen-bond donors (Lipinski definition) is 1. The highest BCUT2D eigenvalue weighted by Gasteiger charge is 2.42. The lowest BCUT2D eigenvalue weighted by Gasteiger charge is -2.19. The van der Waals surface area contributed by atoms with E-state index in [1.165, 1.54) is 24.4 Å². The van der Waals surface area contributed by atoms with E-state index in [0.29, 0.717) is 11.3 Å². The van der Waals surface area contributed by atoms with Crippen LogP contribution in [0.15, 0.2) is 72.9 Å². The van der Waals surface area contributed by atoms with Crippen LogP contribution in [0.1, 0.15) is 28.9 Å². The van der Waals surface area contributed by atoms with E-state index in [-0.39, 0.29) is 11.4 Å². The Kier molecular flexibility index (Phi) is 6.41. The zero-order valence-corrected chi connectivity index (χ0v) is 18.2. The van der Waals surface area contributed by atoms with Gasteiger partial charge in [0.2, 0.25) is 0 Å². The number of pyridine rings is 1. The quantitative estimate of drug-likeness (QED) is 0.315. The summed E-state index contributed by atoms with van der Waals surface area (Å²) < 4.78 is 46.2. The summed E-state index contributed by atoms with van der Waals surface area (Å²) in [7, 11) is 0. The van der Waals surface area contributed by atoms with Gasteiger partial charge in [-0.2, -0.15) is 0 Å². The van der Waals surface area contributed by atoms with Crippen molar-refractivity contribution in [3.8, 4) is 11.5 Å². The molecule has 3 amide bonds. The lowest BCUT2D eigenvalue weighted by atomic mass is 9.93. The summed E-state index contributed by atoms with van der Waals surface area (Å²) >= 11 is 0. The topological polar surface area (TPSA) is 97.8 Å². The molecule has 2 heterocycles. The Morgan fingerprint density at radius 3 is 2.37 bits per heavy atom. The number of anilines is 1. The van der Waals surface area contributed by atoms with Gasteiger partial charge in [0.25, 0.3) is 5.91 Å². The number of imide groups is 1. The average molecular weight is 485 g/mol. The average Bonchev–Trinajstić information content (AvgIpc) is 3.12. The molecule has 1 saturated heterocycles. The Bertz CT molecular complexity index is 1250. The number of amides is 3. The fraction of sp³-hybridized carbons (Fsp3) is 0.167. The van der Waals surface area contributed by atoms with Crippen LogP contribution >= 0.6 is 0 Å². The maximum absolute atomic E-state index is 13.0. The summed E-state index contributed by atoms with van der Waals surface area (Å²) in [4.78, 5) is 42.9. The van der Waals surface area contributed by atoms with E-state index in [2.05, 4.69) is 15.0 Å². The number of aromatic nitrogens is 1. The molecule has 1 fully saturated rings. The Morgan fingerprint density at radius 1 is 1.03 bits per heavy atom.